The van der Waals surface area contributed by atoms with Crippen LogP contribution in [-0.2, 0) is 0 Å². The standard InChI is InChI=1S/C17H19NO/c1-2-12-8-9-13(11-12)17(19)15-5-3-7-16-14(15)6-4-10-18-16/h3-7,10,12-13H,2,8-9,11H2,1H3. The zero-order chi connectivity index (χ0) is 13.2. The molecule has 1 aromatic heterocycles. The van der Waals surface area contributed by atoms with Gasteiger partial charge in [-0.2, -0.15) is 0 Å². The lowest BCUT2D eigenvalue weighted by Crippen LogP contribution is -2.12. The Morgan fingerprint density at radius 3 is 2.95 bits per heavy atom. The molecule has 2 nitrogen and oxygen atoms in total. The molecule has 1 aliphatic rings. The van der Waals surface area contributed by atoms with Crippen molar-refractivity contribution in [3.8, 4) is 0 Å². The molecule has 1 aromatic carbocycles. The van der Waals surface area contributed by atoms with Crippen molar-refractivity contribution in [3.63, 3.8) is 0 Å². The number of rotatable bonds is 3. The lowest BCUT2D eigenvalue weighted by atomic mass is 9.92. The summed E-state index contributed by atoms with van der Waals surface area (Å²) >= 11 is 0. The first kappa shape index (κ1) is 12.3. The lowest BCUT2D eigenvalue weighted by Gasteiger charge is -2.11. The monoisotopic (exact) mass is 253 g/mol. The smallest absolute Gasteiger partial charge is 0.166 e. The van der Waals surface area contributed by atoms with Crippen LogP contribution in [0.1, 0.15) is 43.0 Å². The average Bonchev–Trinajstić information content (AvgIpc) is 2.95. The van der Waals surface area contributed by atoms with Gasteiger partial charge in [0.1, 0.15) is 0 Å². The molecule has 2 aromatic rings. The zero-order valence-electron chi connectivity index (χ0n) is 11.3. The minimum absolute atomic E-state index is 0.218. The maximum Gasteiger partial charge on any atom is 0.166 e. The van der Waals surface area contributed by atoms with Gasteiger partial charge in [0.2, 0.25) is 0 Å². The summed E-state index contributed by atoms with van der Waals surface area (Å²) in [7, 11) is 0. The van der Waals surface area contributed by atoms with E-state index in [0.29, 0.717) is 5.78 Å². The van der Waals surface area contributed by atoms with E-state index in [-0.39, 0.29) is 5.92 Å². The van der Waals surface area contributed by atoms with Crippen LogP contribution >= 0.6 is 0 Å². The number of carbonyl (C=O) groups excluding carboxylic acids is 1. The molecule has 3 rings (SSSR count). The van der Waals surface area contributed by atoms with Crippen LogP contribution in [0.25, 0.3) is 10.9 Å². The first-order valence-electron chi connectivity index (χ1n) is 7.17. The number of pyridine rings is 1. The molecule has 2 unspecified atom stereocenters. The second-order valence-corrected chi connectivity index (χ2v) is 5.52. The lowest BCUT2D eigenvalue weighted by molar-refractivity contribution is 0.0921. The Morgan fingerprint density at radius 1 is 1.26 bits per heavy atom. The van der Waals surface area contributed by atoms with Crippen molar-refractivity contribution in [1.29, 1.82) is 0 Å². The average molecular weight is 253 g/mol. The predicted molar refractivity (Wildman–Crippen MR) is 77.2 cm³/mol. The summed E-state index contributed by atoms with van der Waals surface area (Å²) in [5.41, 5.74) is 1.77. The number of nitrogens with zero attached hydrogens (tertiary/aromatic N) is 1. The molecule has 1 heterocycles. The molecule has 0 radical (unpaired) electrons. The quantitative estimate of drug-likeness (QED) is 0.766. The molecule has 0 spiro atoms. The van der Waals surface area contributed by atoms with E-state index in [2.05, 4.69) is 11.9 Å². The van der Waals surface area contributed by atoms with Crippen LogP contribution in [0.3, 0.4) is 0 Å². The highest BCUT2D eigenvalue weighted by Gasteiger charge is 2.30. The van der Waals surface area contributed by atoms with Gasteiger partial charge in [-0.15, -0.1) is 0 Å². The second kappa shape index (κ2) is 5.12. The molecule has 0 amide bonds. The number of hydrogen-bond acceptors (Lipinski definition) is 2. The molecule has 1 saturated carbocycles. The van der Waals surface area contributed by atoms with Gasteiger partial charge in [-0.3, -0.25) is 9.78 Å². The van der Waals surface area contributed by atoms with Crippen molar-refractivity contribution >= 4 is 16.7 Å². The number of ketones is 1. The Balaban J connectivity index is 1.94. The van der Waals surface area contributed by atoms with E-state index in [1.807, 2.05) is 30.3 Å². The Labute approximate surface area is 113 Å². The van der Waals surface area contributed by atoms with E-state index in [0.717, 1.165) is 35.2 Å². The van der Waals surface area contributed by atoms with Crippen molar-refractivity contribution in [2.45, 2.75) is 32.6 Å². The normalized spacial score (nSPS) is 22.8. The number of aromatic nitrogens is 1. The number of Topliss-reactive ketones (excluding diaryl/α,β-unsaturated/α-hetero) is 1. The first-order chi connectivity index (χ1) is 9.29. The predicted octanol–water partition coefficient (Wildman–Crippen LogP) is 4.24. The minimum atomic E-state index is 0.218. The van der Waals surface area contributed by atoms with Gasteiger partial charge in [0.15, 0.2) is 5.78 Å². The Hall–Kier alpha value is -1.70. The fourth-order valence-electron chi connectivity index (χ4n) is 3.22. The zero-order valence-corrected chi connectivity index (χ0v) is 11.3. The number of carbonyl (C=O) groups is 1. The van der Waals surface area contributed by atoms with Crippen molar-refractivity contribution in [2.75, 3.05) is 0 Å². The summed E-state index contributed by atoms with van der Waals surface area (Å²) in [4.78, 5) is 17.0. The van der Waals surface area contributed by atoms with Gasteiger partial charge < -0.3 is 0 Å². The third kappa shape index (κ3) is 2.27. The molecule has 2 atom stereocenters. The van der Waals surface area contributed by atoms with Gasteiger partial charge in [-0.25, -0.2) is 0 Å². The van der Waals surface area contributed by atoms with Crippen LogP contribution in [0, 0.1) is 11.8 Å². The third-order valence-corrected chi connectivity index (χ3v) is 4.40. The van der Waals surface area contributed by atoms with E-state index in [1.165, 1.54) is 12.8 Å². The van der Waals surface area contributed by atoms with Gasteiger partial charge in [0.25, 0.3) is 0 Å². The Morgan fingerprint density at radius 2 is 2.16 bits per heavy atom. The molecule has 1 fully saturated rings. The first-order valence-corrected chi connectivity index (χ1v) is 7.17. The number of hydrogen-bond donors (Lipinski definition) is 0. The molecule has 0 aliphatic heterocycles. The van der Waals surface area contributed by atoms with Gasteiger partial charge in [-0.05, 0) is 37.3 Å². The van der Waals surface area contributed by atoms with E-state index in [9.17, 15) is 4.79 Å². The summed E-state index contributed by atoms with van der Waals surface area (Å²) in [6, 6.07) is 9.76. The van der Waals surface area contributed by atoms with Crippen molar-refractivity contribution in [2.24, 2.45) is 11.8 Å². The van der Waals surface area contributed by atoms with Gasteiger partial charge in [0.05, 0.1) is 5.52 Å². The van der Waals surface area contributed by atoms with Crippen LogP contribution in [-0.4, -0.2) is 10.8 Å². The van der Waals surface area contributed by atoms with E-state index in [4.69, 9.17) is 0 Å². The van der Waals surface area contributed by atoms with E-state index >= 15 is 0 Å². The number of fused-ring (bicyclic) bond motifs is 1. The topological polar surface area (TPSA) is 30.0 Å². The van der Waals surface area contributed by atoms with Crippen LogP contribution in [0.5, 0.6) is 0 Å². The SMILES string of the molecule is CCC1CCC(C(=O)c2cccc3ncccc23)C1. The van der Waals surface area contributed by atoms with E-state index in [1.54, 1.807) is 6.20 Å². The summed E-state index contributed by atoms with van der Waals surface area (Å²) in [6.07, 6.45) is 6.29. The van der Waals surface area contributed by atoms with Crippen molar-refractivity contribution in [3.05, 3.63) is 42.1 Å². The third-order valence-electron chi connectivity index (χ3n) is 4.40. The molecule has 98 valence electrons. The molecule has 19 heavy (non-hydrogen) atoms. The summed E-state index contributed by atoms with van der Waals surface area (Å²) in [6.45, 7) is 2.22. The van der Waals surface area contributed by atoms with Crippen molar-refractivity contribution < 1.29 is 4.79 Å². The molecule has 2 heteroatoms. The number of benzene rings is 1. The Bertz CT molecular complexity index is 600. The van der Waals surface area contributed by atoms with E-state index < -0.39 is 0 Å². The van der Waals surface area contributed by atoms with Crippen LogP contribution in [0.15, 0.2) is 36.5 Å². The largest absolute Gasteiger partial charge is 0.294 e. The molecule has 0 bridgehead atoms. The fourth-order valence-corrected chi connectivity index (χ4v) is 3.22. The minimum Gasteiger partial charge on any atom is -0.294 e. The maximum atomic E-state index is 12.7. The fraction of sp³-hybridized carbons (Fsp3) is 0.412. The summed E-state index contributed by atoms with van der Waals surface area (Å²) in [5, 5.41) is 0.995. The highest BCUT2D eigenvalue weighted by Crippen LogP contribution is 2.35. The molecule has 1 aliphatic carbocycles. The van der Waals surface area contributed by atoms with Gasteiger partial charge >= 0.3 is 0 Å². The highest BCUT2D eigenvalue weighted by molar-refractivity contribution is 6.08. The van der Waals surface area contributed by atoms with Crippen LogP contribution < -0.4 is 0 Å². The Kier molecular flexibility index (Phi) is 3.33. The summed E-state index contributed by atoms with van der Waals surface area (Å²) in [5.74, 6) is 1.27. The molecule has 0 N–H and O–H groups in total. The second-order valence-electron chi connectivity index (χ2n) is 5.52. The van der Waals surface area contributed by atoms with Crippen LogP contribution in [0.2, 0.25) is 0 Å². The van der Waals surface area contributed by atoms with Crippen LogP contribution in [0.4, 0.5) is 0 Å². The van der Waals surface area contributed by atoms with Gasteiger partial charge in [-0.1, -0.05) is 31.5 Å². The summed E-state index contributed by atoms with van der Waals surface area (Å²) < 4.78 is 0. The maximum absolute atomic E-state index is 12.7. The highest BCUT2D eigenvalue weighted by atomic mass is 16.1. The molecule has 0 saturated heterocycles. The van der Waals surface area contributed by atoms with Crippen molar-refractivity contribution in [1.82, 2.24) is 4.98 Å². The molecular weight excluding hydrogens is 234 g/mol. The van der Waals surface area contributed by atoms with Gasteiger partial charge in [0, 0.05) is 23.1 Å². The molecular formula is C17H19NO.